The van der Waals surface area contributed by atoms with E-state index in [0.29, 0.717) is 11.3 Å². The van der Waals surface area contributed by atoms with Crippen LogP contribution in [0.5, 0.6) is 0 Å². The zero-order valence-electron chi connectivity index (χ0n) is 13.1. The average Bonchev–Trinajstić information content (AvgIpc) is 2.62. The fourth-order valence-corrected chi connectivity index (χ4v) is 2.37. The van der Waals surface area contributed by atoms with Crippen molar-refractivity contribution >= 4 is 11.6 Å². The zero-order valence-corrected chi connectivity index (χ0v) is 13.1. The molecule has 0 saturated heterocycles. The maximum absolute atomic E-state index is 12.9. The highest BCUT2D eigenvalue weighted by Crippen LogP contribution is 2.22. The van der Waals surface area contributed by atoms with Gasteiger partial charge in [0.25, 0.3) is 5.91 Å². The second-order valence-corrected chi connectivity index (χ2v) is 5.47. The van der Waals surface area contributed by atoms with Crippen LogP contribution >= 0.6 is 0 Å². The number of halogens is 1. The van der Waals surface area contributed by atoms with E-state index in [1.54, 1.807) is 30.5 Å². The van der Waals surface area contributed by atoms with Crippen LogP contribution in [-0.4, -0.2) is 16.0 Å². The SMILES string of the molecule is O=C(Nc1cccc(-c2ccc(=O)[nH]c2)c1)C(O)c1ccc(F)cc1. The Hall–Kier alpha value is -3.25. The van der Waals surface area contributed by atoms with Crippen molar-refractivity contribution in [2.75, 3.05) is 5.32 Å². The van der Waals surface area contributed by atoms with E-state index >= 15 is 0 Å². The van der Waals surface area contributed by atoms with Gasteiger partial charge < -0.3 is 15.4 Å². The molecule has 0 aliphatic rings. The Morgan fingerprint density at radius 2 is 1.80 bits per heavy atom. The Kier molecular flexibility index (Phi) is 4.72. The molecule has 0 aliphatic heterocycles. The Morgan fingerprint density at radius 3 is 2.48 bits per heavy atom. The van der Waals surface area contributed by atoms with E-state index in [0.717, 1.165) is 11.1 Å². The molecule has 5 nitrogen and oxygen atoms in total. The van der Waals surface area contributed by atoms with E-state index in [4.69, 9.17) is 0 Å². The van der Waals surface area contributed by atoms with Gasteiger partial charge in [-0.05, 0) is 47.0 Å². The number of rotatable bonds is 4. The molecule has 1 amide bonds. The molecule has 1 aromatic heterocycles. The number of aliphatic hydroxyl groups is 1. The monoisotopic (exact) mass is 338 g/mol. The lowest BCUT2D eigenvalue weighted by molar-refractivity contribution is -0.124. The first-order valence-electron chi connectivity index (χ1n) is 7.56. The number of hydrogen-bond acceptors (Lipinski definition) is 3. The van der Waals surface area contributed by atoms with E-state index in [1.165, 1.54) is 30.3 Å². The fourth-order valence-electron chi connectivity index (χ4n) is 2.37. The summed E-state index contributed by atoms with van der Waals surface area (Å²) < 4.78 is 12.9. The molecule has 126 valence electrons. The summed E-state index contributed by atoms with van der Waals surface area (Å²) >= 11 is 0. The van der Waals surface area contributed by atoms with Gasteiger partial charge in [-0.15, -0.1) is 0 Å². The molecule has 0 bridgehead atoms. The second-order valence-electron chi connectivity index (χ2n) is 5.47. The summed E-state index contributed by atoms with van der Waals surface area (Å²) in [5.74, 6) is -1.06. The van der Waals surface area contributed by atoms with Crippen molar-refractivity contribution in [3.05, 3.63) is 88.6 Å². The molecule has 3 aromatic rings. The molecule has 6 heteroatoms. The van der Waals surface area contributed by atoms with Crippen LogP contribution in [0, 0.1) is 5.82 Å². The first kappa shape index (κ1) is 16.6. The summed E-state index contributed by atoms with van der Waals surface area (Å²) in [6.07, 6.45) is 0.175. The molecule has 3 N–H and O–H groups in total. The smallest absolute Gasteiger partial charge is 0.257 e. The van der Waals surface area contributed by atoms with E-state index in [2.05, 4.69) is 10.3 Å². The molecular formula is C19H15FN2O3. The molecule has 0 radical (unpaired) electrons. The number of aliphatic hydroxyl groups excluding tert-OH is 1. The average molecular weight is 338 g/mol. The van der Waals surface area contributed by atoms with Gasteiger partial charge in [-0.2, -0.15) is 0 Å². The highest BCUT2D eigenvalue weighted by Gasteiger charge is 2.17. The first-order valence-corrected chi connectivity index (χ1v) is 7.56. The van der Waals surface area contributed by atoms with Crippen molar-refractivity contribution in [2.24, 2.45) is 0 Å². The van der Waals surface area contributed by atoms with E-state index < -0.39 is 17.8 Å². The van der Waals surface area contributed by atoms with Crippen molar-refractivity contribution in [2.45, 2.75) is 6.10 Å². The lowest BCUT2D eigenvalue weighted by Crippen LogP contribution is -2.20. The number of amides is 1. The molecule has 25 heavy (non-hydrogen) atoms. The molecule has 1 unspecified atom stereocenters. The highest BCUT2D eigenvalue weighted by molar-refractivity contribution is 5.95. The third-order valence-corrected chi connectivity index (χ3v) is 3.68. The van der Waals surface area contributed by atoms with Gasteiger partial charge in [-0.3, -0.25) is 9.59 Å². The van der Waals surface area contributed by atoms with E-state index in [1.807, 2.05) is 6.07 Å². The lowest BCUT2D eigenvalue weighted by Gasteiger charge is -2.12. The third-order valence-electron chi connectivity index (χ3n) is 3.68. The van der Waals surface area contributed by atoms with Crippen LogP contribution in [0.25, 0.3) is 11.1 Å². The van der Waals surface area contributed by atoms with Gasteiger partial charge in [-0.1, -0.05) is 24.3 Å². The minimum absolute atomic E-state index is 0.198. The van der Waals surface area contributed by atoms with Gasteiger partial charge in [0.05, 0.1) is 0 Å². The minimum atomic E-state index is -1.41. The van der Waals surface area contributed by atoms with Crippen LogP contribution in [-0.2, 0) is 4.79 Å². The molecular weight excluding hydrogens is 323 g/mol. The van der Waals surface area contributed by atoms with Gasteiger partial charge >= 0.3 is 0 Å². The maximum Gasteiger partial charge on any atom is 0.257 e. The number of hydrogen-bond donors (Lipinski definition) is 3. The number of carbonyl (C=O) groups is 1. The first-order chi connectivity index (χ1) is 12.0. The van der Waals surface area contributed by atoms with Gasteiger partial charge in [-0.25, -0.2) is 4.39 Å². The van der Waals surface area contributed by atoms with Crippen LogP contribution in [0.2, 0.25) is 0 Å². The van der Waals surface area contributed by atoms with Crippen molar-refractivity contribution in [3.63, 3.8) is 0 Å². The summed E-state index contributed by atoms with van der Waals surface area (Å²) in [5, 5.41) is 12.7. The van der Waals surface area contributed by atoms with Crippen LogP contribution in [0.15, 0.2) is 71.7 Å². The molecule has 1 atom stereocenters. The molecule has 3 rings (SSSR count). The van der Waals surface area contributed by atoms with Gasteiger partial charge in [0.1, 0.15) is 5.82 Å². The summed E-state index contributed by atoms with van der Waals surface area (Å²) in [7, 11) is 0. The van der Waals surface area contributed by atoms with Gasteiger partial charge in [0.2, 0.25) is 5.56 Å². The van der Waals surface area contributed by atoms with Gasteiger partial charge in [0.15, 0.2) is 6.10 Å². The largest absolute Gasteiger partial charge is 0.378 e. The predicted octanol–water partition coefficient (Wildman–Crippen LogP) is 2.85. The van der Waals surface area contributed by atoms with E-state index in [9.17, 15) is 19.1 Å². The number of pyridine rings is 1. The number of H-pyrrole nitrogens is 1. The number of nitrogens with one attached hydrogen (secondary N) is 2. The highest BCUT2D eigenvalue weighted by atomic mass is 19.1. The van der Waals surface area contributed by atoms with Crippen LogP contribution < -0.4 is 10.9 Å². The molecule has 1 heterocycles. The number of aromatic nitrogens is 1. The summed E-state index contributed by atoms with van der Waals surface area (Å²) in [5.41, 5.74) is 2.18. The normalized spacial score (nSPS) is 11.8. The molecule has 0 fully saturated rings. The molecule has 0 aliphatic carbocycles. The van der Waals surface area contributed by atoms with Gasteiger partial charge in [0, 0.05) is 18.0 Å². The van der Waals surface area contributed by atoms with Crippen LogP contribution in [0.3, 0.4) is 0 Å². The van der Waals surface area contributed by atoms with Crippen molar-refractivity contribution in [1.82, 2.24) is 4.98 Å². The number of carbonyl (C=O) groups excluding carboxylic acids is 1. The summed E-state index contributed by atoms with van der Waals surface area (Å²) in [6, 6.07) is 15.2. The van der Waals surface area contributed by atoms with Crippen molar-refractivity contribution < 1.29 is 14.3 Å². The third kappa shape index (κ3) is 3.99. The predicted molar refractivity (Wildman–Crippen MR) is 92.5 cm³/mol. The quantitative estimate of drug-likeness (QED) is 0.684. The number of anilines is 1. The topological polar surface area (TPSA) is 82.2 Å². The standard InChI is InChI=1S/C19H15FN2O3/c20-15-7-4-12(5-8-15)18(24)19(25)22-16-3-1-2-13(10-16)14-6-9-17(23)21-11-14/h1-11,18,24H,(H,21,23)(H,22,25). The minimum Gasteiger partial charge on any atom is -0.378 e. The summed E-state index contributed by atoms with van der Waals surface area (Å²) in [6.45, 7) is 0. The fraction of sp³-hybridized carbons (Fsp3) is 0.0526. The Morgan fingerprint density at radius 1 is 1.04 bits per heavy atom. The lowest BCUT2D eigenvalue weighted by atomic mass is 10.1. The molecule has 0 spiro atoms. The Balaban J connectivity index is 1.77. The second kappa shape index (κ2) is 7.11. The van der Waals surface area contributed by atoms with E-state index in [-0.39, 0.29) is 5.56 Å². The zero-order chi connectivity index (χ0) is 17.8. The summed E-state index contributed by atoms with van der Waals surface area (Å²) in [4.78, 5) is 25.9. The van der Waals surface area contributed by atoms with Crippen molar-refractivity contribution in [1.29, 1.82) is 0 Å². The molecule has 0 saturated carbocycles. The number of benzene rings is 2. The van der Waals surface area contributed by atoms with Crippen molar-refractivity contribution in [3.8, 4) is 11.1 Å². The molecule has 2 aromatic carbocycles. The van der Waals surface area contributed by atoms with Crippen LogP contribution in [0.4, 0.5) is 10.1 Å². The Bertz CT molecular complexity index is 931. The maximum atomic E-state index is 12.9. The Labute approximate surface area is 142 Å². The van der Waals surface area contributed by atoms with Crippen LogP contribution in [0.1, 0.15) is 11.7 Å². The number of aromatic amines is 1.